The van der Waals surface area contributed by atoms with Gasteiger partial charge in [-0.3, -0.25) is 9.59 Å². The van der Waals surface area contributed by atoms with Crippen molar-refractivity contribution < 1.29 is 35.9 Å². The Morgan fingerprint density at radius 3 is 1.29 bits per heavy atom. The molecule has 0 fully saturated rings. The molecule has 2 aromatic carbocycles. The van der Waals surface area contributed by atoms with Crippen LogP contribution in [0.25, 0.3) is 20.9 Å². The van der Waals surface area contributed by atoms with E-state index in [1.165, 1.54) is 0 Å². The highest BCUT2D eigenvalue weighted by Crippen LogP contribution is 2.32. The summed E-state index contributed by atoms with van der Waals surface area (Å²) in [6, 6.07) is 0. The summed E-state index contributed by atoms with van der Waals surface area (Å²) >= 11 is 0. The van der Waals surface area contributed by atoms with Crippen molar-refractivity contribution in [3.05, 3.63) is 78.0 Å². The Kier molecular flexibility index (Phi) is 7.95. The molecular weight excluding hydrogens is 474 g/mol. The highest BCUT2D eigenvalue weighted by Gasteiger charge is 2.27. The SMILES string of the molecule is Cc1c(F)c(N=[N+]=[N-])c(F)c(F)c1C(=O)NCCNC(=O)c1c(C)c(F)c(N=[N+]=[N-])c(F)c1F. The summed E-state index contributed by atoms with van der Waals surface area (Å²) in [5.74, 6) is -12.9. The molecule has 16 heteroatoms. The van der Waals surface area contributed by atoms with Crippen LogP contribution in [0.15, 0.2) is 10.2 Å². The number of hydrogen-bond donors (Lipinski definition) is 2. The fraction of sp³-hybridized carbons (Fsp3) is 0.222. The van der Waals surface area contributed by atoms with Gasteiger partial charge in [0.05, 0.1) is 11.1 Å². The Labute approximate surface area is 185 Å². The third-order valence-electron chi connectivity index (χ3n) is 4.50. The van der Waals surface area contributed by atoms with Crippen molar-refractivity contribution in [2.24, 2.45) is 10.2 Å². The topological polar surface area (TPSA) is 156 Å². The Morgan fingerprint density at radius 2 is 1.00 bits per heavy atom. The van der Waals surface area contributed by atoms with Gasteiger partial charge >= 0.3 is 0 Å². The monoisotopic (exact) mass is 486 g/mol. The molecule has 2 rings (SSSR count). The zero-order valence-electron chi connectivity index (χ0n) is 17.2. The van der Waals surface area contributed by atoms with Crippen molar-refractivity contribution in [1.29, 1.82) is 0 Å². The average molecular weight is 486 g/mol. The van der Waals surface area contributed by atoms with E-state index in [0.717, 1.165) is 13.8 Å². The number of benzene rings is 2. The second-order valence-corrected chi connectivity index (χ2v) is 6.47. The van der Waals surface area contributed by atoms with Gasteiger partial charge in [0, 0.05) is 34.0 Å². The van der Waals surface area contributed by atoms with E-state index in [0.29, 0.717) is 0 Å². The van der Waals surface area contributed by atoms with E-state index in [9.17, 15) is 35.9 Å². The van der Waals surface area contributed by atoms with Crippen molar-refractivity contribution in [3.8, 4) is 0 Å². The number of nitrogens with one attached hydrogen (secondary N) is 2. The maximum atomic E-state index is 14.2. The molecule has 0 heterocycles. The molecule has 0 saturated carbocycles. The van der Waals surface area contributed by atoms with E-state index in [1.807, 2.05) is 10.6 Å². The molecule has 2 aromatic rings. The third-order valence-corrected chi connectivity index (χ3v) is 4.50. The van der Waals surface area contributed by atoms with Crippen LogP contribution in [-0.2, 0) is 0 Å². The van der Waals surface area contributed by atoms with E-state index in [-0.39, 0.29) is 0 Å². The first-order valence-electron chi connectivity index (χ1n) is 9.00. The molecule has 0 aliphatic heterocycles. The number of rotatable bonds is 7. The Bertz CT molecular complexity index is 1140. The van der Waals surface area contributed by atoms with Gasteiger partial charge in [-0.25, -0.2) is 26.3 Å². The number of hydrogen-bond acceptors (Lipinski definition) is 4. The Hall–Kier alpha value is -4.42. The second-order valence-electron chi connectivity index (χ2n) is 6.47. The molecule has 0 aliphatic carbocycles. The van der Waals surface area contributed by atoms with Crippen LogP contribution < -0.4 is 10.6 Å². The van der Waals surface area contributed by atoms with E-state index in [4.69, 9.17) is 11.1 Å². The van der Waals surface area contributed by atoms with Crippen LogP contribution in [0.3, 0.4) is 0 Å². The van der Waals surface area contributed by atoms with E-state index in [1.54, 1.807) is 0 Å². The maximum absolute atomic E-state index is 14.2. The zero-order valence-corrected chi connectivity index (χ0v) is 17.2. The van der Waals surface area contributed by atoms with Gasteiger partial charge in [-0.1, -0.05) is 10.2 Å². The molecule has 0 bridgehead atoms. The Morgan fingerprint density at radius 1 is 0.676 bits per heavy atom. The molecule has 178 valence electrons. The predicted molar refractivity (Wildman–Crippen MR) is 104 cm³/mol. The van der Waals surface area contributed by atoms with Gasteiger partial charge in [-0.2, -0.15) is 0 Å². The van der Waals surface area contributed by atoms with Crippen LogP contribution in [0.2, 0.25) is 0 Å². The summed E-state index contributed by atoms with van der Waals surface area (Å²) in [4.78, 5) is 28.7. The highest BCUT2D eigenvalue weighted by atomic mass is 19.2. The standard InChI is InChI=1S/C18H12F6N8O2/c1-5-7(11(21)13(23)15(9(5)19)29-31-25)17(33)27-3-4-28-18(34)8-6(2)10(20)16(30-32-26)14(24)12(8)22/h3-4H2,1-2H3,(H,27,33)(H,28,34). The summed E-state index contributed by atoms with van der Waals surface area (Å²) < 4.78 is 84.4. The van der Waals surface area contributed by atoms with Gasteiger partial charge in [-0.05, 0) is 24.9 Å². The first kappa shape index (κ1) is 25.8. The summed E-state index contributed by atoms with van der Waals surface area (Å²) in [6.45, 7) is 0.902. The van der Waals surface area contributed by atoms with Crippen molar-refractivity contribution in [2.45, 2.75) is 13.8 Å². The van der Waals surface area contributed by atoms with Crippen LogP contribution in [0, 0.1) is 48.8 Å². The number of halogens is 6. The fourth-order valence-corrected chi connectivity index (χ4v) is 2.86. The largest absolute Gasteiger partial charge is 0.350 e. The minimum absolute atomic E-state index is 0.479. The average Bonchev–Trinajstić information content (AvgIpc) is 2.80. The normalized spacial score (nSPS) is 10.2. The van der Waals surface area contributed by atoms with Crippen molar-refractivity contribution in [3.63, 3.8) is 0 Å². The third kappa shape index (κ3) is 4.67. The predicted octanol–water partition coefficient (Wildman–Crippen LogP) is 5.18. The minimum Gasteiger partial charge on any atom is -0.350 e. The summed E-state index contributed by atoms with van der Waals surface area (Å²) in [6.07, 6.45) is 0. The van der Waals surface area contributed by atoms with Gasteiger partial charge in [0.2, 0.25) is 0 Å². The molecule has 0 radical (unpaired) electrons. The highest BCUT2D eigenvalue weighted by molar-refractivity contribution is 5.97. The van der Waals surface area contributed by atoms with Crippen LogP contribution >= 0.6 is 0 Å². The number of carbonyl (C=O) groups is 2. The van der Waals surface area contributed by atoms with Crippen molar-refractivity contribution in [2.75, 3.05) is 13.1 Å². The molecule has 0 saturated heterocycles. The van der Waals surface area contributed by atoms with Crippen LogP contribution in [0.4, 0.5) is 37.7 Å². The molecule has 0 atom stereocenters. The molecule has 0 aliphatic rings. The lowest BCUT2D eigenvalue weighted by molar-refractivity contribution is 0.0921. The second kappa shape index (κ2) is 10.5. The molecule has 10 nitrogen and oxygen atoms in total. The quantitative estimate of drug-likeness (QED) is 0.138. The van der Waals surface area contributed by atoms with Gasteiger partial charge in [-0.15, -0.1) is 0 Å². The molecule has 34 heavy (non-hydrogen) atoms. The molecule has 0 spiro atoms. The van der Waals surface area contributed by atoms with Gasteiger partial charge in [0.25, 0.3) is 11.8 Å². The van der Waals surface area contributed by atoms with E-state index >= 15 is 0 Å². The van der Waals surface area contributed by atoms with Crippen LogP contribution in [0.1, 0.15) is 31.8 Å². The summed E-state index contributed by atoms with van der Waals surface area (Å²) in [5.41, 5.74) is 10.7. The first-order valence-corrected chi connectivity index (χ1v) is 9.00. The number of azide groups is 2. The van der Waals surface area contributed by atoms with Gasteiger partial charge in [0.15, 0.2) is 23.3 Å². The Balaban J connectivity index is 2.16. The van der Waals surface area contributed by atoms with Crippen molar-refractivity contribution >= 4 is 23.2 Å². The number of carbonyl (C=O) groups excluding carboxylic acids is 2. The van der Waals surface area contributed by atoms with Gasteiger partial charge in [0.1, 0.15) is 23.0 Å². The van der Waals surface area contributed by atoms with E-state index < -0.39 is 93.4 Å². The number of amides is 2. The molecular formula is C18H12F6N8O2. The van der Waals surface area contributed by atoms with Gasteiger partial charge < -0.3 is 10.6 Å². The molecule has 2 amide bonds. The first-order chi connectivity index (χ1) is 16.0. The molecule has 0 unspecified atom stereocenters. The smallest absolute Gasteiger partial charge is 0.254 e. The molecule has 2 N–H and O–H groups in total. The fourth-order valence-electron chi connectivity index (χ4n) is 2.86. The summed E-state index contributed by atoms with van der Waals surface area (Å²) in [5, 5.41) is 9.48. The maximum Gasteiger partial charge on any atom is 0.254 e. The zero-order chi connectivity index (χ0) is 25.7. The number of nitrogens with zero attached hydrogens (tertiary/aromatic N) is 6. The lowest BCUT2D eigenvalue weighted by Gasteiger charge is -2.14. The van der Waals surface area contributed by atoms with Crippen molar-refractivity contribution in [1.82, 2.24) is 10.6 Å². The van der Waals surface area contributed by atoms with Crippen LogP contribution in [-0.4, -0.2) is 24.9 Å². The lowest BCUT2D eigenvalue weighted by Crippen LogP contribution is -2.36. The van der Waals surface area contributed by atoms with Crippen LogP contribution in [0.5, 0.6) is 0 Å². The minimum atomic E-state index is -1.89. The molecule has 0 aromatic heterocycles. The lowest BCUT2D eigenvalue weighted by atomic mass is 10.0. The summed E-state index contributed by atoms with van der Waals surface area (Å²) in [7, 11) is 0. The van der Waals surface area contributed by atoms with E-state index in [2.05, 4.69) is 20.1 Å².